The standard InChI is InChI=1S/C15H21NO5/c1-4-20-13(17)12(15(2,3)19)16-14(18)21-10-11-8-6-5-7-9-11/h5-9,12,19H,4,10H2,1-3H3,(H,16,18). The van der Waals surface area contributed by atoms with Crippen molar-refractivity contribution >= 4 is 12.1 Å². The summed E-state index contributed by atoms with van der Waals surface area (Å²) >= 11 is 0. The van der Waals surface area contributed by atoms with Gasteiger partial charge in [-0.3, -0.25) is 0 Å². The molecule has 0 aromatic heterocycles. The lowest BCUT2D eigenvalue weighted by Crippen LogP contribution is -2.54. The van der Waals surface area contributed by atoms with Crippen molar-refractivity contribution in [1.82, 2.24) is 5.32 Å². The van der Waals surface area contributed by atoms with Crippen molar-refractivity contribution in [3.05, 3.63) is 35.9 Å². The Bertz CT molecular complexity index is 467. The molecule has 0 aliphatic rings. The average molecular weight is 295 g/mol. The monoisotopic (exact) mass is 295 g/mol. The zero-order valence-corrected chi connectivity index (χ0v) is 12.5. The number of esters is 1. The molecule has 116 valence electrons. The van der Waals surface area contributed by atoms with E-state index >= 15 is 0 Å². The number of aliphatic hydroxyl groups is 1. The van der Waals surface area contributed by atoms with Crippen LogP contribution in [0.15, 0.2) is 30.3 Å². The number of nitrogens with one attached hydrogen (secondary N) is 1. The second kappa shape index (κ2) is 7.64. The summed E-state index contributed by atoms with van der Waals surface area (Å²) in [6.45, 7) is 4.70. The largest absolute Gasteiger partial charge is 0.464 e. The van der Waals surface area contributed by atoms with Crippen LogP contribution in [0, 0.1) is 0 Å². The van der Waals surface area contributed by atoms with E-state index in [1.165, 1.54) is 13.8 Å². The Hall–Kier alpha value is -2.08. The summed E-state index contributed by atoms with van der Waals surface area (Å²) < 4.78 is 9.84. The lowest BCUT2D eigenvalue weighted by molar-refractivity contribution is -0.151. The summed E-state index contributed by atoms with van der Waals surface area (Å²) in [6.07, 6.45) is -0.793. The van der Waals surface area contributed by atoms with E-state index in [-0.39, 0.29) is 13.2 Å². The smallest absolute Gasteiger partial charge is 0.408 e. The van der Waals surface area contributed by atoms with Gasteiger partial charge in [-0.25, -0.2) is 9.59 Å². The quantitative estimate of drug-likeness (QED) is 0.779. The number of ether oxygens (including phenoxy) is 2. The Morgan fingerprint density at radius 1 is 1.24 bits per heavy atom. The Kier molecular flexibility index (Phi) is 6.17. The van der Waals surface area contributed by atoms with Gasteiger partial charge in [0.05, 0.1) is 12.2 Å². The molecule has 1 atom stereocenters. The lowest BCUT2D eigenvalue weighted by atomic mass is 9.99. The van der Waals surface area contributed by atoms with Crippen LogP contribution in [0.25, 0.3) is 0 Å². The fourth-order valence-corrected chi connectivity index (χ4v) is 1.63. The Morgan fingerprint density at radius 3 is 2.38 bits per heavy atom. The molecule has 2 N–H and O–H groups in total. The average Bonchev–Trinajstić information content (AvgIpc) is 2.42. The van der Waals surface area contributed by atoms with Gasteiger partial charge in [0.2, 0.25) is 0 Å². The van der Waals surface area contributed by atoms with Gasteiger partial charge in [0.1, 0.15) is 6.61 Å². The minimum Gasteiger partial charge on any atom is -0.464 e. The third-order valence-corrected chi connectivity index (χ3v) is 2.70. The van der Waals surface area contributed by atoms with Gasteiger partial charge in [-0.15, -0.1) is 0 Å². The maximum atomic E-state index is 11.7. The molecule has 1 aromatic carbocycles. The minimum atomic E-state index is -1.46. The van der Waals surface area contributed by atoms with Crippen LogP contribution >= 0.6 is 0 Å². The van der Waals surface area contributed by atoms with Crippen LogP contribution in [0.4, 0.5) is 4.79 Å². The fourth-order valence-electron chi connectivity index (χ4n) is 1.63. The van der Waals surface area contributed by atoms with Gasteiger partial charge >= 0.3 is 12.1 Å². The number of hydrogen-bond acceptors (Lipinski definition) is 5. The van der Waals surface area contributed by atoms with Crippen molar-refractivity contribution in [2.24, 2.45) is 0 Å². The normalized spacial score (nSPS) is 12.4. The SMILES string of the molecule is CCOC(=O)C(NC(=O)OCc1ccccc1)C(C)(C)O. The third-order valence-electron chi connectivity index (χ3n) is 2.70. The summed E-state index contributed by atoms with van der Waals surface area (Å²) in [5.41, 5.74) is -0.638. The Morgan fingerprint density at radius 2 is 1.86 bits per heavy atom. The van der Waals surface area contributed by atoms with E-state index in [0.717, 1.165) is 5.56 Å². The number of benzene rings is 1. The highest BCUT2D eigenvalue weighted by Crippen LogP contribution is 2.11. The van der Waals surface area contributed by atoms with Crippen molar-refractivity contribution in [3.8, 4) is 0 Å². The lowest BCUT2D eigenvalue weighted by Gasteiger charge is -2.27. The van der Waals surface area contributed by atoms with Crippen LogP contribution in [-0.2, 0) is 20.9 Å². The number of alkyl carbamates (subject to hydrolysis) is 1. The zero-order chi connectivity index (χ0) is 15.9. The maximum absolute atomic E-state index is 11.7. The molecule has 0 aliphatic carbocycles. The highest BCUT2D eigenvalue weighted by molar-refractivity contribution is 5.82. The van der Waals surface area contributed by atoms with Crippen LogP contribution in [-0.4, -0.2) is 35.4 Å². The molecule has 6 nitrogen and oxygen atoms in total. The first-order chi connectivity index (χ1) is 9.84. The predicted molar refractivity (Wildman–Crippen MR) is 76.5 cm³/mol. The molecule has 0 saturated carbocycles. The summed E-state index contributed by atoms with van der Waals surface area (Å²) in [5, 5.41) is 12.3. The molecule has 1 aromatic rings. The van der Waals surface area contributed by atoms with Crippen LogP contribution in [0.3, 0.4) is 0 Å². The first-order valence-corrected chi connectivity index (χ1v) is 6.70. The van der Waals surface area contributed by atoms with Crippen molar-refractivity contribution in [3.63, 3.8) is 0 Å². The van der Waals surface area contributed by atoms with Crippen LogP contribution in [0.5, 0.6) is 0 Å². The Labute approximate surface area is 124 Å². The predicted octanol–water partition coefficient (Wildman–Crippen LogP) is 1.62. The molecule has 0 heterocycles. The number of amides is 1. The minimum absolute atomic E-state index is 0.0775. The number of carbonyl (C=O) groups excluding carboxylic acids is 2. The molecule has 0 fully saturated rings. The van der Waals surface area contributed by atoms with Gasteiger partial charge in [-0.05, 0) is 26.3 Å². The fraction of sp³-hybridized carbons (Fsp3) is 0.467. The van der Waals surface area contributed by atoms with Crippen molar-refractivity contribution < 1.29 is 24.2 Å². The summed E-state index contributed by atoms with van der Waals surface area (Å²) in [7, 11) is 0. The van der Waals surface area contributed by atoms with E-state index in [2.05, 4.69) is 5.32 Å². The van der Waals surface area contributed by atoms with E-state index < -0.39 is 23.7 Å². The molecule has 0 spiro atoms. The van der Waals surface area contributed by atoms with Gasteiger partial charge in [-0.1, -0.05) is 30.3 Å². The first-order valence-electron chi connectivity index (χ1n) is 6.70. The van der Waals surface area contributed by atoms with Crippen LogP contribution in [0.1, 0.15) is 26.3 Å². The number of carbonyl (C=O) groups is 2. The van der Waals surface area contributed by atoms with Crippen molar-refractivity contribution in [1.29, 1.82) is 0 Å². The number of hydrogen-bond donors (Lipinski definition) is 2. The molecular formula is C15H21NO5. The molecule has 6 heteroatoms. The molecule has 1 unspecified atom stereocenters. The molecular weight excluding hydrogens is 274 g/mol. The topological polar surface area (TPSA) is 84.9 Å². The van der Waals surface area contributed by atoms with E-state index in [1.54, 1.807) is 6.92 Å². The van der Waals surface area contributed by atoms with E-state index in [4.69, 9.17) is 9.47 Å². The van der Waals surface area contributed by atoms with Crippen LogP contribution in [0.2, 0.25) is 0 Å². The van der Waals surface area contributed by atoms with Gasteiger partial charge in [0, 0.05) is 0 Å². The highest BCUT2D eigenvalue weighted by Gasteiger charge is 2.36. The van der Waals surface area contributed by atoms with E-state index in [0.29, 0.717) is 0 Å². The van der Waals surface area contributed by atoms with Crippen LogP contribution < -0.4 is 5.32 Å². The van der Waals surface area contributed by atoms with E-state index in [1.807, 2.05) is 30.3 Å². The highest BCUT2D eigenvalue weighted by atomic mass is 16.6. The van der Waals surface area contributed by atoms with Gasteiger partial charge < -0.3 is 19.9 Å². The third kappa shape index (κ3) is 5.83. The Balaban J connectivity index is 2.58. The van der Waals surface area contributed by atoms with Gasteiger partial charge in [0.25, 0.3) is 0 Å². The van der Waals surface area contributed by atoms with Crippen molar-refractivity contribution in [2.45, 2.75) is 39.0 Å². The molecule has 21 heavy (non-hydrogen) atoms. The molecule has 0 aliphatic heterocycles. The summed E-state index contributed by atoms with van der Waals surface area (Å²) in [5.74, 6) is -0.707. The second-order valence-electron chi connectivity index (χ2n) is 5.04. The van der Waals surface area contributed by atoms with Gasteiger partial charge in [-0.2, -0.15) is 0 Å². The second-order valence-corrected chi connectivity index (χ2v) is 5.04. The summed E-state index contributed by atoms with van der Waals surface area (Å²) in [4.78, 5) is 23.5. The molecule has 1 amide bonds. The zero-order valence-electron chi connectivity index (χ0n) is 12.5. The van der Waals surface area contributed by atoms with Gasteiger partial charge in [0.15, 0.2) is 6.04 Å². The number of rotatable bonds is 6. The molecule has 0 saturated heterocycles. The van der Waals surface area contributed by atoms with E-state index in [9.17, 15) is 14.7 Å². The first kappa shape index (κ1) is 17.0. The molecule has 0 radical (unpaired) electrons. The maximum Gasteiger partial charge on any atom is 0.408 e. The van der Waals surface area contributed by atoms with Crippen molar-refractivity contribution in [2.75, 3.05) is 6.61 Å². The molecule has 0 bridgehead atoms. The molecule has 1 rings (SSSR count). The summed E-state index contributed by atoms with van der Waals surface area (Å²) in [6, 6.07) is 7.94.